The van der Waals surface area contributed by atoms with Crippen LogP contribution in [-0.4, -0.2) is 31.9 Å². The Morgan fingerprint density at radius 3 is 2.37 bits per heavy atom. The Balaban J connectivity index is 3.30. The number of hydrogen-bond donors (Lipinski definition) is 3. The summed E-state index contributed by atoms with van der Waals surface area (Å²) < 4.78 is 5.44. The van der Waals surface area contributed by atoms with Crippen LogP contribution < -0.4 is 15.8 Å². The predicted molar refractivity (Wildman–Crippen MR) is 78.7 cm³/mol. The van der Waals surface area contributed by atoms with Crippen molar-refractivity contribution in [2.75, 3.05) is 20.8 Å². The van der Waals surface area contributed by atoms with E-state index in [4.69, 9.17) is 10.5 Å². The zero-order chi connectivity index (χ0) is 14.6. The minimum absolute atomic E-state index is 0.0476. The van der Waals surface area contributed by atoms with Crippen molar-refractivity contribution in [1.29, 1.82) is 0 Å². The van der Waals surface area contributed by atoms with E-state index >= 15 is 0 Å². The Morgan fingerprint density at radius 1 is 1.32 bits per heavy atom. The molecule has 0 saturated heterocycles. The van der Waals surface area contributed by atoms with Gasteiger partial charge in [0, 0.05) is 12.1 Å². The number of nitrogens with two attached hydrogens (primary N) is 1. The molecule has 108 valence electrons. The molecule has 0 aromatic heterocycles. The molecule has 0 aliphatic heterocycles. The van der Waals surface area contributed by atoms with Crippen LogP contribution in [0.15, 0.2) is 12.1 Å². The number of likely N-dealkylation sites (N-methyl/N-ethyl adjacent to an activating group) is 1. The average Bonchev–Trinajstić information content (AvgIpc) is 2.40. The van der Waals surface area contributed by atoms with Crippen LogP contribution in [0.2, 0.25) is 0 Å². The summed E-state index contributed by atoms with van der Waals surface area (Å²) in [6, 6.07) is 3.79. The minimum atomic E-state index is -0.322. The van der Waals surface area contributed by atoms with E-state index < -0.39 is 0 Å². The average molecular weight is 266 g/mol. The van der Waals surface area contributed by atoms with E-state index in [0.29, 0.717) is 5.92 Å². The smallest absolute Gasteiger partial charge is 0.122 e. The fourth-order valence-electron chi connectivity index (χ4n) is 2.38. The van der Waals surface area contributed by atoms with Crippen LogP contribution in [0.3, 0.4) is 0 Å². The number of aliphatic hydroxyl groups is 1. The van der Waals surface area contributed by atoms with Gasteiger partial charge in [-0.25, -0.2) is 0 Å². The van der Waals surface area contributed by atoms with Crippen LogP contribution in [0.25, 0.3) is 0 Å². The highest BCUT2D eigenvalue weighted by atomic mass is 16.5. The largest absolute Gasteiger partial charge is 0.496 e. The van der Waals surface area contributed by atoms with Crippen molar-refractivity contribution in [3.05, 3.63) is 28.8 Å². The molecule has 1 aromatic rings. The van der Waals surface area contributed by atoms with Gasteiger partial charge in [0.15, 0.2) is 0 Å². The summed E-state index contributed by atoms with van der Waals surface area (Å²) in [5.41, 5.74) is 9.38. The second kappa shape index (κ2) is 6.89. The molecule has 0 heterocycles. The Labute approximate surface area is 116 Å². The fraction of sp³-hybridized carbons (Fsp3) is 0.600. The first-order chi connectivity index (χ1) is 8.96. The van der Waals surface area contributed by atoms with Crippen molar-refractivity contribution in [2.24, 2.45) is 5.73 Å². The maximum Gasteiger partial charge on any atom is 0.122 e. The van der Waals surface area contributed by atoms with Gasteiger partial charge in [0.1, 0.15) is 5.75 Å². The van der Waals surface area contributed by atoms with Crippen molar-refractivity contribution in [3.63, 3.8) is 0 Å². The first kappa shape index (κ1) is 16.0. The van der Waals surface area contributed by atoms with E-state index in [1.807, 2.05) is 20.0 Å². The zero-order valence-electron chi connectivity index (χ0n) is 12.5. The fourth-order valence-corrected chi connectivity index (χ4v) is 2.38. The van der Waals surface area contributed by atoms with Crippen molar-refractivity contribution in [3.8, 4) is 5.75 Å². The Kier molecular flexibility index (Phi) is 5.79. The third-order valence-electron chi connectivity index (χ3n) is 3.53. The summed E-state index contributed by atoms with van der Waals surface area (Å²) >= 11 is 0. The van der Waals surface area contributed by atoms with Gasteiger partial charge in [-0.15, -0.1) is 0 Å². The highest BCUT2D eigenvalue weighted by Crippen LogP contribution is 2.32. The van der Waals surface area contributed by atoms with E-state index in [2.05, 4.69) is 25.2 Å². The third-order valence-corrected chi connectivity index (χ3v) is 3.53. The molecule has 0 bridgehead atoms. The summed E-state index contributed by atoms with van der Waals surface area (Å²) in [5, 5.41) is 12.5. The molecule has 2 unspecified atom stereocenters. The molecular weight excluding hydrogens is 240 g/mol. The molecule has 19 heavy (non-hydrogen) atoms. The van der Waals surface area contributed by atoms with Crippen LogP contribution in [-0.2, 0) is 0 Å². The highest BCUT2D eigenvalue weighted by Gasteiger charge is 2.21. The quantitative estimate of drug-likeness (QED) is 0.733. The summed E-state index contributed by atoms with van der Waals surface area (Å²) in [5.74, 6) is 1.28. The van der Waals surface area contributed by atoms with Crippen LogP contribution in [0.5, 0.6) is 5.75 Å². The number of benzene rings is 1. The first-order valence-electron chi connectivity index (χ1n) is 6.68. The van der Waals surface area contributed by atoms with Gasteiger partial charge in [-0.3, -0.25) is 0 Å². The predicted octanol–water partition coefficient (Wildman–Crippen LogP) is 1.71. The van der Waals surface area contributed by atoms with Gasteiger partial charge in [-0.2, -0.15) is 0 Å². The van der Waals surface area contributed by atoms with Crippen LogP contribution in [0.1, 0.15) is 42.5 Å². The van der Waals surface area contributed by atoms with E-state index in [1.54, 1.807) is 7.11 Å². The molecule has 0 aliphatic carbocycles. The van der Waals surface area contributed by atoms with E-state index in [-0.39, 0.29) is 18.7 Å². The molecule has 1 aromatic carbocycles. The Morgan fingerprint density at radius 2 is 1.95 bits per heavy atom. The molecule has 0 saturated carbocycles. The number of ether oxygens (including phenoxy) is 1. The number of methoxy groups -OCH3 is 1. The molecule has 4 nitrogen and oxygen atoms in total. The monoisotopic (exact) mass is 266 g/mol. The lowest BCUT2D eigenvalue weighted by Crippen LogP contribution is -2.39. The normalized spacial score (nSPS) is 14.5. The van der Waals surface area contributed by atoms with Crippen molar-refractivity contribution < 1.29 is 9.84 Å². The van der Waals surface area contributed by atoms with Crippen molar-refractivity contribution in [1.82, 2.24) is 5.32 Å². The Bertz CT molecular complexity index is 419. The lowest BCUT2D eigenvalue weighted by molar-refractivity contribution is 0.240. The lowest BCUT2D eigenvalue weighted by atomic mass is 9.90. The van der Waals surface area contributed by atoms with Gasteiger partial charge < -0.3 is 20.9 Å². The molecular formula is C15H26N2O2. The van der Waals surface area contributed by atoms with Gasteiger partial charge in [-0.1, -0.05) is 13.8 Å². The molecule has 0 aliphatic rings. The molecule has 0 spiro atoms. The molecule has 0 amide bonds. The van der Waals surface area contributed by atoms with Crippen LogP contribution in [0.4, 0.5) is 0 Å². The van der Waals surface area contributed by atoms with Gasteiger partial charge in [0.05, 0.1) is 13.7 Å². The molecule has 0 radical (unpaired) electrons. The zero-order valence-corrected chi connectivity index (χ0v) is 12.5. The number of aryl methyl sites for hydroxylation is 1. The number of hydrogen-bond acceptors (Lipinski definition) is 4. The van der Waals surface area contributed by atoms with Crippen molar-refractivity contribution >= 4 is 0 Å². The molecule has 1 rings (SSSR count). The van der Waals surface area contributed by atoms with Gasteiger partial charge in [-0.05, 0) is 48.7 Å². The molecule has 0 fully saturated rings. The molecule has 4 heteroatoms. The highest BCUT2D eigenvalue weighted by molar-refractivity contribution is 5.45. The summed E-state index contributed by atoms with van der Waals surface area (Å²) in [4.78, 5) is 0. The second-order valence-corrected chi connectivity index (χ2v) is 5.22. The number of aliphatic hydroxyl groups excluding tert-OH is 1. The SMILES string of the molecule is CNC(c1cc(C(C)C)c(OC)cc1C)C(N)CO. The lowest BCUT2D eigenvalue weighted by Gasteiger charge is -2.26. The van der Waals surface area contributed by atoms with Crippen LogP contribution >= 0.6 is 0 Å². The number of nitrogens with one attached hydrogen (secondary N) is 1. The summed E-state index contributed by atoms with van der Waals surface area (Å²) in [7, 11) is 3.55. The van der Waals surface area contributed by atoms with E-state index in [9.17, 15) is 5.11 Å². The molecule has 2 atom stereocenters. The van der Waals surface area contributed by atoms with Gasteiger partial charge in [0.25, 0.3) is 0 Å². The maximum absolute atomic E-state index is 9.28. The Hall–Kier alpha value is -1.10. The second-order valence-electron chi connectivity index (χ2n) is 5.22. The van der Waals surface area contributed by atoms with Crippen molar-refractivity contribution in [2.45, 2.75) is 38.8 Å². The van der Waals surface area contributed by atoms with Gasteiger partial charge in [0.2, 0.25) is 0 Å². The van der Waals surface area contributed by atoms with E-state index in [1.165, 1.54) is 0 Å². The third kappa shape index (κ3) is 3.47. The number of rotatable bonds is 6. The first-order valence-corrected chi connectivity index (χ1v) is 6.68. The topological polar surface area (TPSA) is 67.5 Å². The van der Waals surface area contributed by atoms with E-state index in [0.717, 1.165) is 22.4 Å². The van der Waals surface area contributed by atoms with Gasteiger partial charge >= 0.3 is 0 Å². The standard InChI is InChI=1S/C15H26N2O2/c1-9(2)11-7-12(10(3)6-14(11)19-5)15(17-4)13(16)8-18/h6-7,9,13,15,17-18H,8,16H2,1-5H3. The summed E-state index contributed by atoms with van der Waals surface area (Å²) in [6.45, 7) is 6.26. The van der Waals surface area contributed by atoms with Crippen LogP contribution in [0, 0.1) is 6.92 Å². The maximum atomic E-state index is 9.28. The minimum Gasteiger partial charge on any atom is -0.496 e. The molecule has 4 N–H and O–H groups in total. The summed E-state index contributed by atoms with van der Waals surface area (Å²) in [6.07, 6.45) is 0.